The highest BCUT2D eigenvalue weighted by Crippen LogP contribution is 2.32. The van der Waals surface area contributed by atoms with Crippen LogP contribution in [0.2, 0.25) is 0 Å². The fourth-order valence-electron chi connectivity index (χ4n) is 2.91. The summed E-state index contributed by atoms with van der Waals surface area (Å²) in [4.78, 5) is 25.1. The number of carbonyl (C=O) groups is 1. The molecule has 26 heavy (non-hydrogen) atoms. The Labute approximate surface area is 160 Å². The second-order valence-electron chi connectivity index (χ2n) is 6.04. The Kier molecular flexibility index (Phi) is 5.19. The van der Waals surface area contributed by atoms with Gasteiger partial charge in [0.1, 0.15) is 5.03 Å². The summed E-state index contributed by atoms with van der Waals surface area (Å²) in [5.74, 6) is 0.853. The van der Waals surface area contributed by atoms with Crippen LogP contribution in [0.5, 0.6) is 0 Å². The highest BCUT2D eigenvalue weighted by molar-refractivity contribution is 8.00. The second kappa shape index (κ2) is 7.73. The monoisotopic (exact) mass is 385 g/mol. The maximum absolute atomic E-state index is 12.8. The average Bonchev–Trinajstić information content (AvgIpc) is 3.23. The van der Waals surface area contributed by atoms with E-state index in [1.165, 1.54) is 11.8 Å². The van der Waals surface area contributed by atoms with Gasteiger partial charge in [-0.25, -0.2) is 9.97 Å². The summed E-state index contributed by atoms with van der Waals surface area (Å²) in [6.07, 6.45) is 0. The number of amides is 1. The molecular weight excluding hydrogens is 366 g/mol. The number of thiophene rings is 1. The molecule has 5 nitrogen and oxygen atoms in total. The van der Waals surface area contributed by atoms with Gasteiger partial charge in [-0.1, -0.05) is 36.0 Å². The molecule has 1 aliphatic rings. The van der Waals surface area contributed by atoms with Crippen molar-refractivity contribution < 1.29 is 9.53 Å². The Hall–Kier alpha value is -1.96. The van der Waals surface area contributed by atoms with Gasteiger partial charge in [0.25, 0.3) is 0 Å². The number of hydrogen-bond acceptors (Lipinski definition) is 6. The van der Waals surface area contributed by atoms with Crippen molar-refractivity contribution in [1.82, 2.24) is 14.9 Å². The fourth-order valence-corrected chi connectivity index (χ4v) is 4.59. The zero-order valence-electron chi connectivity index (χ0n) is 14.4. The van der Waals surface area contributed by atoms with Crippen LogP contribution in [0, 0.1) is 0 Å². The summed E-state index contributed by atoms with van der Waals surface area (Å²) in [6.45, 7) is 4.50. The van der Waals surface area contributed by atoms with Crippen molar-refractivity contribution in [3.63, 3.8) is 0 Å². The number of carbonyl (C=O) groups excluding carboxylic acids is 1. The molecule has 1 saturated heterocycles. The molecule has 0 N–H and O–H groups in total. The minimum Gasteiger partial charge on any atom is -0.378 e. The largest absolute Gasteiger partial charge is 0.378 e. The van der Waals surface area contributed by atoms with Crippen LogP contribution in [0.25, 0.3) is 21.6 Å². The lowest BCUT2D eigenvalue weighted by atomic mass is 10.2. The van der Waals surface area contributed by atoms with E-state index < -0.39 is 0 Å². The van der Waals surface area contributed by atoms with Crippen molar-refractivity contribution in [3.05, 3.63) is 41.8 Å². The molecule has 1 aliphatic heterocycles. The summed E-state index contributed by atoms with van der Waals surface area (Å²) >= 11 is 3.13. The lowest BCUT2D eigenvalue weighted by Crippen LogP contribution is -2.44. The third-order valence-electron chi connectivity index (χ3n) is 4.27. The number of para-hydroxylation sites is 1. The summed E-state index contributed by atoms with van der Waals surface area (Å²) in [7, 11) is 0. The molecule has 134 valence electrons. The summed E-state index contributed by atoms with van der Waals surface area (Å²) in [6, 6.07) is 12.0. The molecular formula is C19H19N3O2S2. The number of nitrogens with zero attached hydrogens (tertiary/aromatic N) is 3. The molecule has 7 heteroatoms. The van der Waals surface area contributed by atoms with Gasteiger partial charge >= 0.3 is 0 Å². The molecule has 1 atom stereocenters. The molecule has 0 radical (unpaired) electrons. The van der Waals surface area contributed by atoms with E-state index in [1.54, 1.807) is 11.3 Å². The van der Waals surface area contributed by atoms with Gasteiger partial charge in [0.15, 0.2) is 5.82 Å². The topological polar surface area (TPSA) is 55.3 Å². The summed E-state index contributed by atoms with van der Waals surface area (Å²) < 4.78 is 5.34. The molecule has 0 saturated carbocycles. The van der Waals surface area contributed by atoms with Gasteiger partial charge in [0, 0.05) is 18.5 Å². The highest BCUT2D eigenvalue weighted by Gasteiger charge is 2.24. The van der Waals surface area contributed by atoms with Gasteiger partial charge in [-0.05, 0) is 24.4 Å². The van der Waals surface area contributed by atoms with Crippen molar-refractivity contribution in [2.24, 2.45) is 0 Å². The van der Waals surface area contributed by atoms with Crippen LogP contribution in [0.3, 0.4) is 0 Å². The number of thioether (sulfide) groups is 1. The summed E-state index contributed by atoms with van der Waals surface area (Å²) in [5.41, 5.74) is 0.902. The lowest BCUT2D eigenvalue weighted by Gasteiger charge is -2.29. The molecule has 3 heterocycles. The van der Waals surface area contributed by atoms with Crippen molar-refractivity contribution >= 4 is 39.9 Å². The smallest absolute Gasteiger partial charge is 0.235 e. The zero-order chi connectivity index (χ0) is 17.9. The Morgan fingerprint density at radius 3 is 2.77 bits per heavy atom. The van der Waals surface area contributed by atoms with Crippen LogP contribution in [0.15, 0.2) is 46.8 Å². The van der Waals surface area contributed by atoms with Gasteiger partial charge in [0.2, 0.25) is 5.91 Å². The molecule has 0 aliphatic carbocycles. The van der Waals surface area contributed by atoms with Crippen LogP contribution in [-0.2, 0) is 9.53 Å². The molecule has 0 bridgehead atoms. The third kappa shape index (κ3) is 3.60. The Balaban J connectivity index is 1.65. The first-order valence-corrected chi connectivity index (χ1v) is 10.3. The number of benzene rings is 1. The molecule has 2 aromatic heterocycles. The Bertz CT molecular complexity index is 908. The first kappa shape index (κ1) is 17.5. The van der Waals surface area contributed by atoms with Crippen molar-refractivity contribution in [3.8, 4) is 10.7 Å². The molecule has 1 aromatic carbocycles. The first-order valence-electron chi connectivity index (χ1n) is 8.56. The number of ether oxygens (including phenoxy) is 1. The molecule has 1 fully saturated rings. The average molecular weight is 386 g/mol. The normalized spacial score (nSPS) is 16.0. The number of hydrogen-bond donors (Lipinski definition) is 0. The van der Waals surface area contributed by atoms with Crippen molar-refractivity contribution in [1.29, 1.82) is 0 Å². The Morgan fingerprint density at radius 2 is 2.00 bits per heavy atom. The predicted molar refractivity (Wildman–Crippen MR) is 106 cm³/mol. The maximum Gasteiger partial charge on any atom is 0.235 e. The minimum absolute atomic E-state index is 0.138. The van der Waals surface area contributed by atoms with E-state index in [0.29, 0.717) is 32.1 Å². The first-order chi connectivity index (χ1) is 12.7. The SMILES string of the molecule is CC(Sc1nc(-c2cccs2)nc2ccccc12)C(=O)N1CCOCC1. The van der Waals surface area contributed by atoms with Crippen LogP contribution >= 0.6 is 23.1 Å². The Morgan fingerprint density at radius 1 is 1.19 bits per heavy atom. The van der Waals surface area contributed by atoms with E-state index >= 15 is 0 Å². The van der Waals surface area contributed by atoms with E-state index in [4.69, 9.17) is 14.7 Å². The van der Waals surface area contributed by atoms with Crippen molar-refractivity contribution in [2.45, 2.75) is 17.2 Å². The quantitative estimate of drug-likeness (QED) is 0.506. The number of rotatable bonds is 4. The molecule has 3 aromatic rings. The predicted octanol–water partition coefficient (Wildman–Crippen LogP) is 3.70. The molecule has 1 unspecified atom stereocenters. The number of aromatic nitrogens is 2. The highest BCUT2D eigenvalue weighted by atomic mass is 32.2. The van der Waals surface area contributed by atoms with Gasteiger partial charge in [0.05, 0.1) is 28.9 Å². The van der Waals surface area contributed by atoms with Crippen LogP contribution in [0.1, 0.15) is 6.92 Å². The van der Waals surface area contributed by atoms with Crippen LogP contribution in [0.4, 0.5) is 0 Å². The standard InChI is InChI=1S/C19H19N3O2S2/c1-13(19(23)22-8-10-24-11-9-22)26-18-14-5-2-3-6-15(14)20-17(21-18)16-7-4-12-25-16/h2-7,12-13H,8-11H2,1H3. The molecule has 1 amide bonds. The molecule has 0 spiro atoms. The minimum atomic E-state index is -0.206. The van der Waals surface area contributed by atoms with Crippen LogP contribution < -0.4 is 0 Å². The molecule has 4 rings (SSSR count). The number of fused-ring (bicyclic) bond motifs is 1. The van der Waals surface area contributed by atoms with Gasteiger partial charge in [-0.15, -0.1) is 11.3 Å². The fraction of sp³-hybridized carbons (Fsp3) is 0.316. The number of morpholine rings is 1. The van der Waals surface area contributed by atoms with Crippen molar-refractivity contribution in [2.75, 3.05) is 26.3 Å². The zero-order valence-corrected chi connectivity index (χ0v) is 16.1. The van der Waals surface area contributed by atoms with E-state index in [2.05, 4.69) is 0 Å². The van der Waals surface area contributed by atoms with Gasteiger partial charge in [-0.2, -0.15) is 0 Å². The lowest BCUT2D eigenvalue weighted by molar-refractivity contribution is -0.134. The maximum atomic E-state index is 12.8. The van der Waals surface area contributed by atoms with Gasteiger partial charge in [-0.3, -0.25) is 4.79 Å². The van der Waals surface area contributed by atoms with Crippen LogP contribution in [-0.4, -0.2) is 52.3 Å². The van der Waals surface area contributed by atoms with Gasteiger partial charge < -0.3 is 9.64 Å². The second-order valence-corrected chi connectivity index (χ2v) is 8.32. The third-order valence-corrected chi connectivity index (χ3v) is 6.22. The van der Waals surface area contributed by atoms with E-state index in [-0.39, 0.29) is 11.2 Å². The van der Waals surface area contributed by atoms with E-state index in [1.807, 2.05) is 53.6 Å². The van der Waals surface area contributed by atoms with E-state index in [9.17, 15) is 4.79 Å². The van der Waals surface area contributed by atoms with E-state index in [0.717, 1.165) is 20.8 Å². The summed E-state index contributed by atoms with van der Waals surface area (Å²) in [5, 5.41) is 3.65.